The van der Waals surface area contributed by atoms with Crippen molar-refractivity contribution in [3.63, 3.8) is 0 Å². The van der Waals surface area contributed by atoms with E-state index in [-0.39, 0.29) is 5.91 Å². The van der Waals surface area contributed by atoms with E-state index in [0.717, 1.165) is 25.9 Å². The van der Waals surface area contributed by atoms with Crippen molar-refractivity contribution in [2.75, 3.05) is 6.61 Å². The predicted molar refractivity (Wildman–Crippen MR) is 161 cm³/mol. The molecule has 1 amide bonds. The third kappa shape index (κ3) is 6.72. The zero-order chi connectivity index (χ0) is 24.9. The van der Waals surface area contributed by atoms with Gasteiger partial charge in [0.25, 0.3) is 5.91 Å². The highest BCUT2D eigenvalue weighted by molar-refractivity contribution is 14.1. The number of benzene rings is 3. The van der Waals surface area contributed by atoms with E-state index in [0.29, 0.717) is 39.8 Å². The molecule has 1 heterocycles. The van der Waals surface area contributed by atoms with Gasteiger partial charge in [-0.25, -0.2) is 4.99 Å². The Morgan fingerprint density at radius 3 is 2.63 bits per heavy atom. The van der Waals surface area contributed by atoms with Crippen LogP contribution in [0.5, 0.6) is 11.5 Å². The van der Waals surface area contributed by atoms with E-state index in [9.17, 15) is 4.79 Å². The highest BCUT2D eigenvalue weighted by Gasteiger charge is 2.24. The van der Waals surface area contributed by atoms with Crippen LogP contribution in [0.25, 0.3) is 6.08 Å². The molecule has 180 valence electrons. The number of rotatable bonds is 7. The largest absolute Gasteiger partial charge is 0.490 e. The minimum atomic E-state index is -0.194. The van der Waals surface area contributed by atoms with Gasteiger partial charge in [0, 0.05) is 8.59 Å². The molecular weight excluding hydrogens is 710 g/mol. The van der Waals surface area contributed by atoms with Crippen LogP contribution in [-0.2, 0) is 11.4 Å². The van der Waals surface area contributed by atoms with E-state index in [4.69, 9.17) is 21.1 Å². The molecule has 0 bridgehead atoms. The van der Waals surface area contributed by atoms with E-state index in [1.54, 1.807) is 0 Å². The molecule has 35 heavy (non-hydrogen) atoms. The van der Waals surface area contributed by atoms with E-state index in [1.165, 1.54) is 15.3 Å². The van der Waals surface area contributed by atoms with Crippen LogP contribution in [0.3, 0.4) is 0 Å². The molecule has 3 aromatic rings. The number of ether oxygens (including phenoxy) is 2. The van der Waals surface area contributed by atoms with Crippen molar-refractivity contribution in [1.82, 2.24) is 5.32 Å². The highest BCUT2D eigenvalue weighted by Crippen LogP contribution is 2.37. The molecular formula is C26H21ClI2N2O3S. The topological polar surface area (TPSA) is 59.9 Å². The standard InChI is InChI=1S/C26H21ClI2N2O3S/c1-3-33-22-12-17(11-20(29)24(22)34-14-16-7-9-18(28)10-8-16)13-23-25(32)31-26(35-23)30-21-6-4-5-19(27)15(21)2/h4-13H,3,14H2,1-2H3,(H,30,31,32)/b23-13+. The minimum absolute atomic E-state index is 0.194. The molecule has 0 aromatic heterocycles. The molecule has 0 aliphatic carbocycles. The fourth-order valence-corrected chi connectivity index (χ4v) is 5.41. The number of thioether (sulfide) groups is 1. The molecule has 3 aromatic carbocycles. The van der Waals surface area contributed by atoms with Crippen LogP contribution < -0.4 is 14.8 Å². The van der Waals surface area contributed by atoms with E-state index in [2.05, 4.69) is 67.6 Å². The van der Waals surface area contributed by atoms with Gasteiger partial charge in [0.2, 0.25) is 0 Å². The van der Waals surface area contributed by atoms with E-state index < -0.39 is 0 Å². The summed E-state index contributed by atoms with van der Waals surface area (Å²) >= 11 is 12.0. The fraction of sp³-hybridized carbons (Fsp3) is 0.154. The summed E-state index contributed by atoms with van der Waals surface area (Å²) in [7, 11) is 0. The Kier molecular flexibility index (Phi) is 9.01. The Bertz CT molecular complexity index is 1330. The molecule has 0 spiro atoms. The lowest BCUT2D eigenvalue weighted by Gasteiger charge is -2.15. The van der Waals surface area contributed by atoms with Gasteiger partial charge in [0.15, 0.2) is 16.7 Å². The van der Waals surface area contributed by atoms with Gasteiger partial charge in [-0.15, -0.1) is 0 Å². The summed E-state index contributed by atoms with van der Waals surface area (Å²) < 4.78 is 14.1. The summed E-state index contributed by atoms with van der Waals surface area (Å²) in [5.74, 6) is 1.14. The number of carbonyl (C=O) groups is 1. The normalized spacial score (nSPS) is 15.5. The third-order valence-electron chi connectivity index (χ3n) is 5.04. The number of nitrogens with zero attached hydrogens (tertiary/aromatic N) is 1. The van der Waals surface area contributed by atoms with Crippen LogP contribution in [-0.4, -0.2) is 17.7 Å². The van der Waals surface area contributed by atoms with Crippen LogP contribution in [0.15, 0.2) is 64.5 Å². The Hall–Kier alpha value is -1.76. The van der Waals surface area contributed by atoms with Crippen LogP contribution in [0.1, 0.15) is 23.6 Å². The van der Waals surface area contributed by atoms with Gasteiger partial charge < -0.3 is 14.8 Å². The molecule has 1 saturated heterocycles. The van der Waals surface area contributed by atoms with Crippen molar-refractivity contribution in [2.24, 2.45) is 4.99 Å². The molecule has 1 aliphatic heterocycles. The molecule has 0 radical (unpaired) electrons. The maximum absolute atomic E-state index is 12.6. The second-order valence-electron chi connectivity index (χ2n) is 7.54. The number of amidine groups is 1. The second kappa shape index (κ2) is 12.0. The Morgan fingerprint density at radius 2 is 1.89 bits per heavy atom. The number of nitrogens with one attached hydrogen (secondary N) is 1. The molecule has 0 unspecified atom stereocenters. The number of aliphatic imine (C=N–C) groups is 1. The average Bonchev–Trinajstić information content (AvgIpc) is 3.16. The van der Waals surface area contributed by atoms with Gasteiger partial charge in [0.1, 0.15) is 6.61 Å². The minimum Gasteiger partial charge on any atom is -0.490 e. The van der Waals surface area contributed by atoms with Crippen molar-refractivity contribution < 1.29 is 14.3 Å². The van der Waals surface area contributed by atoms with Crippen LogP contribution >= 0.6 is 68.5 Å². The summed E-state index contributed by atoms with van der Waals surface area (Å²) in [6.45, 7) is 4.77. The van der Waals surface area contributed by atoms with Crippen molar-refractivity contribution in [3.05, 3.63) is 88.4 Å². The summed E-state index contributed by atoms with van der Waals surface area (Å²) in [5.41, 5.74) is 3.52. The number of halogens is 3. The first-order valence-electron chi connectivity index (χ1n) is 10.7. The molecule has 1 fully saturated rings. The quantitative estimate of drug-likeness (QED) is 0.200. The number of carbonyl (C=O) groups excluding carboxylic acids is 1. The lowest BCUT2D eigenvalue weighted by atomic mass is 10.2. The maximum Gasteiger partial charge on any atom is 0.264 e. The first kappa shape index (κ1) is 26.3. The third-order valence-corrected chi connectivity index (χ3v) is 7.88. The Balaban J connectivity index is 1.56. The van der Waals surface area contributed by atoms with Gasteiger partial charge in [-0.1, -0.05) is 29.8 Å². The number of hydrogen-bond acceptors (Lipinski definition) is 5. The van der Waals surface area contributed by atoms with Crippen LogP contribution in [0.2, 0.25) is 5.02 Å². The molecule has 5 nitrogen and oxygen atoms in total. The van der Waals surface area contributed by atoms with E-state index >= 15 is 0 Å². The summed E-state index contributed by atoms with van der Waals surface area (Å²) in [6, 6.07) is 17.6. The molecule has 0 saturated carbocycles. The van der Waals surface area contributed by atoms with Crippen molar-refractivity contribution in [2.45, 2.75) is 20.5 Å². The van der Waals surface area contributed by atoms with Crippen LogP contribution in [0.4, 0.5) is 5.69 Å². The van der Waals surface area contributed by atoms with Gasteiger partial charge in [-0.3, -0.25) is 4.79 Å². The molecule has 1 N–H and O–H groups in total. The van der Waals surface area contributed by atoms with Crippen molar-refractivity contribution >= 4 is 91.4 Å². The molecule has 0 atom stereocenters. The lowest BCUT2D eigenvalue weighted by molar-refractivity contribution is -0.115. The highest BCUT2D eigenvalue weighted by atomic mass is 127. The summed E-state index contributed by atoms with van der Waals surface area (Å²) in [5, 5.41) is 3.99. The monoisotopic (exact) mass is 730 g/mol. The van der Waals surface area contributed by atoms with Crippen molar-refractivity contribution in [1.29, 1.82) is 0 Å². The summed E-state index contributed by atoms with van der Waals surface area (Å²) in [4.78, 5) is 17.7. The Labute approximate surface area is 241 Å². The zero-order valence-electron chi connectivity index (χ0n) is 18.9. The summed E-state index contributed by atoms with van der Waals surface area (Å²) in [6.07, 6.45) is 1.83. The fourth-order valence-electron chi connectivity index (χ4n) is 3.27. The Morgan fingerprint density at radius 1 is 1.11 bits per heavy atom. The van der Waals surface area contributed by atoms with E-state index in [1.807, 2.05) is 62.4 Å². The SMILES string of the molecule is CCOc1cc(/C=C2/SC(=Nc3cccc(Cl)c3C)NC2=O)cc(I)c1OCc1ccc(I)cc1. The van der Waals surface area contributed by atoms with Gasteiger partial charge in [0.05, 0.1) is 20.8 Å². The lowest BCUT2D eigenvalue weighted by Crippen LogP contribution is -2.19. The molecule has 1 aliphatic rings. The smallest absolute Gasteiger partial charge is 0.264 e. The predicted octanol–water partition coefficient (Wildman–Crippen LogP) is 7.73. The molecule has 4 rings (SSSR count). The van der Waals surface area contributed by atoms with Gasteiger partial charge in [-0.05, 0) is 130 Å². The number of hydrogen-bond donors (Lipinski definition) is 1. The number of amides is 1. The van der Waals surface area contributed by atoms with Crippen LogP contribution in [0, 0.1) is 14.1 Å². The first-order valence-corrected chi connectivity index (χ1v) is 14.1. The van der Waals surface area contributed by atoms with Crippen molar-refractivity contribution in [3.8, 4) is 11.5 Å². The molecule has 9 heteroatoms. The first-order chi connectivity index (χ1) is 16.8. The second-order valence-corrected chi connectivity index (χ2v) is 11.4. The van der Waals surface area contributed by atoms with Gasteiger partial charge >= 0.3 is 0 Å². The average molecular weight is 731 g/mol. The van der Waals surface area contributed by atoms with Gasteiger partial charge in [-0.2, -0.15) is 0 Å². The zero-order valence-corrected chi connectivity index (χ0v) is 24.8. The maximum atomic E-state index is 12.6.